The van der Waals surface area contributed by atoms with Crippen LogP contribution in [-0.4, -0.2) is 20.4 Å². The summed E-state index contributed by atoms with van der Waals surface area (Å²) in [5.41, 5.74) is 2.39. The van der Waals surface area contributed by atoms with Crippen LogP contribution in [0.25, 0.3) is 11.0 Å². The van der Waals surface area contributed by atoms with Crippen molar-refractivity contribution in [1.29, 1.82) is 0 Å². The number of hydrogen-bond acceptors (Lipinski definition) is 5. The standard InChI is InChI=1S/C22H19BrN4O3S/c1-3-27-18-7-5-14(10-17(18)25-20(29)21(27)30)19(28)26-22-24-11-15(31-22)9-13-4-6-16(23)12(2)8-13/h4-8,10-11H,3,9H2,1-2H3,(H,25,29)(H,24,26,28). The Balaban J connectivity index is 1.54. The van der Waals surface area contributed by atoms with E-state index in [-0.39, 0.29) is 5.91 Å². The predicted octanol–water partition coefficient (Wildman–Crippen LogP) is 4.08. The van der Waals surface area contributed by atoms with Crippen molar-refractivity contribution in [2.24, 2.45) is 0 Å². The lowest BCUT2D eigenvalue weighted by Gasteiger charge is -2.08. The van der Waals surface area contributed by atoms with Crippen LogP contribution < -0.4 is 16.4 Å². The first-order valence-corrected chi connectivity index (χ1v) is 11.2. The SMILES string of the molecule is CCn1c(=O)c(=O)[nH]c2cc(C(=O)Nc3ncc(Cc4ccc(Br)c(C)c4)s3)ccc21. The highest BCUT2D eigenvalue weighted by Crippen LogP contribution is 2.24. The van der Waals surface area contributed by atoms with Gasteiger partial charge in [0, 0.05) is 34.1 Å². The van der Waals surface area contributed by atoms with Crippen LogP contribution in [0.15, 0.2) is 56.7 Å². The molecule has 0 saturated heterocycles. The van der Waals surface area contributed by atoms with E-state index >= 15 is 0 Å². The number of nitrogens with one attached hydrogen (secondary N) is 2. The number of aryl methyl sites for hydroxylation is 2. The van der Waals surface area contributed by atoms with Crippen LogP contribution in [0.3, 0.4) is 0 Å². The van der Waals surface area contributed by atoms with Crippen LogP contribution in [0.1, 0.15) is 33.3 Å². The number of anilines is 1. The number of thiazole rings is 1. The Morgan fingerprint density at radius 1 is 1.23 bits per heavy atom. The summed E-state index contributed by atoms with van der Waals surface area (Å²) in [6, 6.07) is 11.1. The van der Waals surface area contributed by atoms with Gasteiger partial charge in [-0.25, -0.2) is 4.98 Å². The van der Waals surface area contributed by atoms with Crippen molar-refractivity contribution < 1.29 is 4.79 Å². The molecular formula is C22H19BrN4O3S. The van der Waals surface area contributed by atoms with E-state index in [1.165, 1.54) is 27.0 Å². The van der Waals surface area contributed by atoms with Gasteiger partial charge in [-0.1, -0.05) is 28.1 Å². The lowest BCUT2D eigenvalue weighted by molar-refractivity contribution is 0.102. The lowest BCUT2D eigenvalue weighted by atomic mass is 10.1. The maximum absolute atomic E-state index is 12.7. The van der Waals surface area contributed by atoms with Crippen molar-refractivity contribution in [2.45, 2.75) is 26.8 Å². The van der Waals surface area contributed by atoms with Crippen LogP contribution in [0.5, 0.6) is 0 Å². The number of hydrogen-bond donors (Lipinski definition) is 2. The van der Waals surface area contributed by atoms with Crippen LogP contribution in [0, 0.1) is 6.92 Å². The third-order valence-electron chi connectivity index (χ3n) is 4.93. The molecule has 2 heterocycles. The Hall–Kier alpha value is -3.04. The Morgan fingerprint density at radius 2 is 2.03 bits per heavy atom. The molecule has 158 valence electrons. The lowest BCUT2D eigenvalue weighted by Crippen LogP contribution is -2.36. The van der Waals surface area contributed by atoms with Gasteiger partial charge in [0.25, 0.3) is 5.91 Å². The van der Waals surface area contributed by atoms with Crippen LogP contribution in [0.4, 0.5) is 5.13 Å². The average molecular weight is 499 g/mol. The molecule has 0 aliphatic rings. The molecule has 0 aliphatic heterocycles. The maximum atomic E-state index is 12.7. The Bertz CT molecular complexity index is 1420. The molecule has 7 nitrogen and oxygen atoms in total. The summed E-state index contributed by atoms with van der Waals surface area (Å²) in [7, 11) is 0. The van der Waals surface area contributed by atoms with Crippen LogP contribution in [0.2, 0.25) is 0 Å². The van der Waals surface area contributed by atoms with Crippen LogP contribution >= 0.6 is 27.3 Å². The van der Waals surface area contributed by atoms with Crippen molar-refractivity contribution >= 4 is 49.3 Å². The van der Waals surface area contributed by atoms with Crippen LogP contribution in [-0.2, 0) is 13.0 Å². The molecule has 0 aliphatic carbocycles. The number of rotatable bonds is 5. The summed E-state index contributed by atoms with van der Waals surface area (Å²) < 4.78 is 2.45. The molecule has 1 amide bonds. The van der Waals surface area contributed by atoms with Gasteiger partial charge in [-0.2, -0.15) is 0 Å². The summed E-state index contributed by atoms with van der Waals surface area (Å²) in [6.45, 7) is 4.20. The molecule has 4 aromatic rings. The fraction of sp³-hybridized carbons (Fsp3) is 0.182. The Morgan fingerprint density at radius 3 is 2.77 bits per heavy atom. The number of aromatic nitrogens is 3. The maximum Gasteiger partial charge on any atom is 0.316 e. The van der Waals surface area contributed by atoms with Gasteiger partial charge in [-0.05, 0) is 49.2 Å². The third kappa shape index (κ3) is 4.38. The van der Waals surface area contributed by atoms with Crippen molar-refractivity contribution in [3.05, 3.63) is 89.3 Å². The molecule has 0 atom stereocenters. The quantitative estimate of drug-likeness (QED) is 0.405. The average Bonchev–Trinajstić information content (AvgIpc) is 3.18. The van der Waals surface area contributed by atoms with Gasteiger partial charge in [-0.3, -0.25) is 19.7 Å². The molecule has 2 aromatic heterocycles. The zero-order valence-electron chi connectivity index (χ0n) is 16.9. The van der Waals surface area contributed by atoms with Gasteiger partial charge < -0.3 is 9.55 Å². The molecule has 0 unspecified atom stereocenters. The van der Waals surface area contributed by atoms with E-state index in [2.05, 4.69) is 43.3 Å². The molecule has 0 bridgehead atoms. The Kier molecular flexibility index (Phi) is 5.88. The van der Waals surface area contributed by atoms with E-state index in [0.29, 0.717) is 28.3 Å². The summed E-state index contributed by atoms with van der Waals surface area (Å²) in [5, 5.41) is 3.31. The fourth-order valence-electron chi connectivity index (χ4n) is 3.37. The molecular weight excluding hydrogens is 480 g/mol. The monoisotopic (exact) mass is 498 g/mol. The summed E-state index contributed by atoms with van der Waals surface area (Å²) in [6.07, 6.45) is 2.49. The van der Waals surface area contributed by atoms with E-state index in [4.69, 9.17) is 0 Å². The number of nitrogens with zero attached hydrogens (tertiary/aromatic N) is 2. The summed E-state index contributed by atoms with van der Waals surface area (Å²) >= 11 is 4.92. The molecule has 0 spiro atoms. The number of halogens is 1. The number of amides is 1. The first-order chi connectivity index (χ1) is 14.9. The van der Waals surface area contributed by atoms with Crippen molar-refractivity contribution in [1.82, 2.24) is 14.5 Å². The number of benzene rings is 2. The smallest absolute Gasteiger partial charge is 0.316 e. The second-order valence-electron chi connectivity index (χ2n) is 7.08. The van der Waals surface area contributed by atoms with E-state index in [1.807, 2.05) is 13.0 Å². The van der Waals surface area contributed by atoms with Gasteiger partial charge in [0.15, 0.2) is 5.13 Å². The molecule has 31 heavy (non-hydrogen) atoms. The van der Waals surface area contributed by atoms with Crippen molar-refractivity contribution in [3.63, 3.8) is 0 Å². The number of carbonyl (C=O) groups excluding carboxylic acids is 1. The largest absolute Gasteiger partial charge is 0.316 e. The second-order valence-corrected chi connectivity index (χ2v) is 9.05. The second kappa shape index (κ2) is 8.60. The van der Waals surface area contributed by atoms with Crippen molar-refractivity contribution in [2.75, 3.05) is 5.32 Å². The summed E-state index contributed by atoms with van der Waals surface area (Å²) in [5.74, 6) is -0.336. The fourth-order valence-corrected chi connectivity index (χ4v) is 4.46. The molecule has 0 radical (unpaired) electrons. The number of aromatic amines is 1. The predicted molar refractivity (Wildman–Crippen MR) is 126 cm³/mol. The highest BCUT2D eigenvalue weighted by Gasteiger charge is 2.13. The normalized spacial score (nSPS) is 11.1. The molecule has 4 rings (SSSR count). The van der Waals surface area contributed by atoms with Crippen molar-refractivity contribution in [3.8, 4) is 0 Å². The molecule has 0 fully saturated rings. The number of fused-ring (bicyclic) bond motifs is 1. The first-order valence-electron chi connectivity index (χ1n) is 9.63. The molecule has 9 heteroatoms. The third-order valence-corrected chi connectivity index (χ3v) is 6.73. The minimum Gasteiger partial charge on any atom is -0.316 e. The first kappa shape index (κ1) is 21.2. The molecule has 0 saturated carbocycles. The van der Waals surface area contributed by atoms with E-state index in [1.54, 1.807) is 31.3 Å². The zero-order valence-corrected chi connectivity index (χ0v) is 19.3. The highest BCUT2D eigenvalue weighted by atomic mass is 79.9. The van der Waals surface area contributed by atoms with Gasteiger partial charge in [0.2, 0.25) is 0 Å². The number of H-pyrrole nitrogens is 1. The van der Waals surface area contributed by atoms with Gasteiger partial charge in [0.1, 0.15) is 0 Å². The molecule has 2 N–H and O–H groups in total. The topological polar surface area (TPSA) is 96.9 Å². The van der Waals surface area contributed by atoms with E-state index < -0.39 is 11.1 Å². The summed E-state index contributed by atoms with van der Waals surface area (Å²) in [4.78, 5) is 44.4. The Labute approximate surface area is 189 Å². The zero-order chi connectivity index (χ0) is 22.1. The van der Waals surface area contributed by atoms with Gasteiger partial charge in [-0.15, -0.1) is 11.3 Å². The van der Waals surface area contributed by atoms with E-state index in [0.717, 1.165) is 15.8 Å². The van der Waals surface area contributed by atoms with Gasteiger partial charge in [0.05, 0.1) is 11.0 Å². The highest BCUT2D eigenvalue weighted by molar-refractivity contribution is 9.10. The van der Waals surface area contributed by atoms with Gasteiger partial charge >= 0.3 is 11.1 Å². The minimum absolute atomic E-state index is 0.336. The molecule has 2 aromatic carbocycles. The minimum atomic E-state index is -0.709. The number of carbonyl (C=O) groups is 1. The van der Waals surface area contributed by atoms with E-state index in [9.17, 15) is 14.4 Å².